The Morgan fingerprint density at radius 3 is 2.78 bits per heavy atom. The van der Waals surface area contributed by atoms with Crippen molar-refractivity contribution in [1.82, 2.24) is 29.8 Å². The molecule has 1 fully saturated rings. The molecule has 0 aliphatic carbocycles. The van der Waals surface area contributed by atoms with E-state index in [2.05, 4.69) is 38.5 Å². The number of benzene rings is 2. The molecule has 6 rings (SSSR count). The van der Waals surface area contributed by atoms with Crippen molar-refractivity contribution in [3.63, 3.8) is 0 Å². The number of imidazole rings is 1. The van der Waals surface area contributed by atoms with E-state index >= 15 is 0 Å². The van der Waals surface area contributed by atoms with Gasteiger partial charge in [-0.1, -0.05) is 30.7 Å². The van der Waals surface area contributed by atoms with Crippen LogP contribution >= 0.6 is 11.6 Å². The number of aromatic nitrogens is 5. The van der Waals surface area contributed by atoms with Gasteiger partial charge in [-0.2, -0.15) is 9.97 Å². The topological polar surface area (TPSA) is 86.7 Å². The minimum absolute atomic E-state index is 0.310. The van der Waals surface area contributed by atoms with E-state index < -0.39 is 0 Å². The van der Waals surface area contributed by atoms with Crippen molar-refractivity contribution in [2.75, 3.05) is 36.4 Å². The number of hydrogen-bond acceptors (Lipinski definition) is 6. The molecule has 3 aromatic heterocycles. The average Bonchev–Trinajstić information content (AvgIpc) is 3.48. The number of hydrogen-bond donors (Lipinski definition) is 3. The van der Waals surface area contributed by atoms with E-state index in [0.717, 1.165) is 43.8 Å². The second-order valence-electron chi connectivity index (χ2n) is 8.86. The number of fused-ring (bicyclic) bond motifs is 2. The van der Waals surface area contributed by atoms with Crippen LogP contribution in [0.1, 0.15) is 18.2 Å². The fourth-order valence-corrected chi connectivity index (χ4v) is 5.02. The third-order valence-corrected chi connectivity index (χ3v) is 6.85. The summed E-state index contributed by atoms with van der Waals surface area (Å²) in [6.07, 6.45) is 2.56. The molecule has 0 atom stereocenters. The van der Waals surface area contributed by atoms with E-state index in [1.54, 1.807) is 17.0 Å². The van der Waals surface area contributed by atoms with E-state index in [0.29, 0.717) is 40.2 Å². The predicted octanol–water partition coefficient (Wildman–Crippen LogP) is 4.67. The summed E-state index contributed by atoms with van der Waals surface area (Å²) in [5.41, 5.74) is 5.26. The SMILES string of the molecule is CCc1c(CNc2nc(N3CCNCC3)nc3c2ncn3-c2cccc(F)c2)[nH]c2cc(Cl)ccc12. The van der Waals surface area contributed by atoms with Crippen LogP contribution in [0.25, 0.3) is 27.8 Å². The fraction of sp³-hybridized carbons (Fsp3) is 0.269. The van der Waals surface area contributed by atoms with Crippen molar-refractivity contribution in [3.05, 3.63) is 70.9 Å². The molecule has 1 aliphatic rings. The number of nitrogens with zero attached hydrogens (tertiary/aromatic N) is 5. The molecule has 10 heteroatoms. The van der Waals surface area contributed by atoms with Crippen molar-refractivity contribution in [1.29, 1.82) is 0 Å². The fourth-order valence-electron chi connectivity index (χ4n) is 4.84. The smallest absolute Gasteiger partial charge is 0.229 e. The summed E-state index contributed by atoms with van der Waals surface area (Å²) in [5.74, 6) is 0.960. The van der Waals surface area contributed by atoms with Crippen LogP contribution in [0.15, 0.2) is 48.8 Å². The first kappa shape index (κ1) is 22.8. The number of rotatable bonds is 6. The lowest BCUT2D eigenvalue weighted by Gasteiger charge is -2.27. The Morgan fingerprint density at radius 1 is 1.11 bits per heavy atom. The third-order valence-electron chi connectivity index (χ3n) is 6.61. The summed E-state index contributed by atoms with van der Waals surface area (Å²) < 4.78 is 15.8. The molecule has 5 aromatic rings. The quantitative estimate of drug-likeness (QED) is 0.311. The van der Waals surface area contributed by atoms with Crippen LogP contribution in [-0.2, 0) is 13.0 Å². The van der Waals surface area contributed by atoms with Gasteiger partial charge in [-0.3, -0.25) is 4.57 Å². The first-order valence-corrected chi connectivity index (χ1v) is 12.5. The Labute approximate surface area is 212 Å². The number of aromatic amines is 1. The molecule has 8 nitrogen and oxygen atoms in total. The van der Waals surface area contributed by atoms with Gasteiger partial charge in [0.2, 0.25) is 5.95 Å². The molecule has 1 saturated heterocycles. The van der Waals surface area contributed by atoms with Crippen molar-refractivity contribution in [2.45, 2.75) is 19.9 Å². The van der Waals surface area contributed by atoms with Gasteiger partial charge in [-0.25, -0.2) is 9.37 Å². The van der Waals surface area contributed by atoms with Gasteiger partial charge in [0.05, 0.1) is 12.2 Å². The van der Waals surface area contributed by atoms with Crippen molar-refractivity contribution in [3.8, 4) is 5.69 Å². The Kier molecular flexibility index (Phi) is 5.94. The van der Waals surface area contributed by atoms with Gasteiger partial charge in [0.15, 0.2) is 17.0 Å². The maximum absolute atomic E-state index is 14.0. The largest absolute Gasteiger partial charge is 0.362 e. The first-order valence-electron chi connectivity index (χ1n) is 12.1. The Bertz CT molecular complexity index is 1550. The zero-order valence-corrected chi connectivity index (χ0v) is 20.6. The summed E-state index contributed by atoms with van der Waals surface area (Å²) >= 11 is 6.22. The summed E-state index contributed by atoms with van der Waals surface area (Å²) in [6, 6.07) is 12.4. The molecule has 3 N–H and O–H groups in total. The Balaban J connectivity index is 1.42. The molecule has 184 valence electrons. The normalized spacial score (nSPS) is 14.1. The van der Waals surface area contributed by atoms with Gasteiger partial charge in [0.1, 0.15) is 12.1 Å². The lowest BCUT2D eigenvalue weighted by atomic mass is 10.1. The van der Waals surface area contributed by atoms with Gasteiger partial charge in [-0.15, -0.1) is 0 Å². The molecule has 1 aliphatic heterocycles. The maximum atomic E-state index is 14.0. The predicted molar refractivity (Wildman–Crippen MR) is 142 cm³/mol. The van der Waals surface area contributed by atoms with Gasteiger partial charge in [0, 0.05) is 47.8 Å². The summed E-state index contributed by atoms with van der Waals surface area (Å²) in [6.45, 7) is 6.03. The minimum atomic E-state index is -0.310. The molecule has 36 heavy (non-hydrogen) atoms. The molecule has 0 spiro atoms. The molecule has 0 unspecified atom stereocenters. The lowest BCUT2D eigenvalue weighted by molar-refractivity contribution is 0.580. The molecule has 0 amide bonds. The number of halogens is 2. The van der Waals surface area contributed by atoms with Gasteiger partial charge >= 0.3 is 0 Å². The van der Waals surface area contributed by atoms with Gasteiger partial charge in [-0.05, 0) is 42.3 Å². The zero-order chi connectivity index (χ0) is 24.6. The molecule has 2 aromatic carbocycles. The number of anilines is 2. The molecular formula is C26H26ClFN8. The van der Waals surface area contributed by atoms with Crippen LogP contribution in [0.2, 0.25) is 5.02 Å². The second-order valence-corrected chi connectivity index (χ2v) is 9.29. The van der Waals surface area contributed by atoms with E-state index in [4.69, 9.17) is 21.6 Å². The maximum Gasteiger partial charge on any atom is 0.229 e. The molecule has 0 saturated carbocycles. The lowest BCUT2D eigenvalue weighted by Crippen LogP contribution is -2.44. The zero-order valence-electron chi connectivity index (χ0n) is 19.9. The highest BCUT2D eigenvalue weighted by molar-refractivity contribution is 6.31. The highest BCUT2D eigenvalue weighted by Crippen LogP contribution is 2.29. The molecule has 0 bridgehead atoms. The average molecular weight is 505 g/mol. The molecular weight excluding hydrogens is 479 g/mol. The van der Waals surface area contributed by atoms with Gasteiger partial charge in [0.25, 0.3) is 0 Å². The van der Waals surface area contributed by atoms with Gasteiger partial charge < -0.3 is 20.5 Å². The highest BCUT2D eigenvalue weighted by atomic mass is 35.5. The van der Waals surface area contributed by atoms with Crippen molar-refractivity contribution < 1.29 is 4.39 Å². The summed E-state index contributed by atoms with van der Waals surface area (Å²) in [4.78, 5) is 20.0. The van der Waals surface area contributed by atoms with E-state index in [-0.39, 0.29) is 5.82 Å². The van der Waals surface area contributed by atoms with Crippen LogP contribution in [0.3, 0.4) is 0 Å². The molecule has 0 radical (unpaired) electrons. The Hall–Kier alpha value is -3.69. The number of H-pyrrole nitrogens is 1. The number of nitrogens with one attached hydrogen (secondary N) is 3. The van der Waals surface area contributed by atoms with Crippen LogP contribution in [0.5, 0.6) is 0 Å². The van der Waals surface area contributed by atoms with Crippen molar-refractivity contribution >= 4 is 45.4 Å². The summed E-state index contributed by atoms with van der Waals surface area (Å²) in [5, 5.41) is 8.74. The molecule has 4 heterocycles. The van der Waals surface area contributed by atoms with E-state index in [9.17, 15) is 4.39 Å². The third kappa shape index (κ3) is 4.14. The summed E-state index contributed by atoms with van der Waals surface area (Å²) in [7, 11) is 0. The Morgan fingerprint density at radius 2 is 1.97 bits per heavy atom. The standard InChI is InChI=1S/C26H26ClFN8/c1-2-19-20-7-6-16(27)12-21(20)32-22(19)14-30-24-23-25(34-26(33-24)35-10-8-29-9-11-35)36(15-31-23)18-5-3-4-17(28)13-18/h3-7,12-13,15,29,32H,2,8-11,14H2,1H3,(H,30,33,34). The van der Waals surface area contributed by atoms with E-state index in [1.807, 2.05) is 18.2 Å². The van der Waals surface area contributed by atoms with E-state index in [1.165, 1.54) is 23.1 Å². The minimum Gasteiger partial charge on any atom is -0.362 e. The van der Waals surface area contributed by atoms with Crippen LogP contribution in [0, 0.1) is 5.82 Å². The second kappa shape index (κ2) is 9.40. The number of piperazine rings is 1. The van der Waals surface area contributed by atoms with Crippen molar-refractivity contribution in [2.24, 2.45) is 0 Å². The van der Waals surface area contributed by atoms with Crippen LogP contribution in [-0.4, -0.2) is 50.7 Å². The van der Waals surface area contributed by atoms with Crippen LogP contribution in [0.4, 0.5) is 16.2 Å². The highest BCUT2D eigenvalue weighted by Gasteiger charge is 2.20. The number of aryl methyl sites for hydroxylation is 1. The first-order chi connectivity index (χ1) is 17.6. The van der Waals surface area contributed by atoms with Crippen LogP contribution < -0.4 is 15.5 Å². The monoisotopic (exact) mass is 504 g/mol.